The van der Waals surface area contributed by atoms with E-state index in [-0.39, 0.29) is 24.5 Å². The summed E-state index contributed by atoms with van der Waals surface area (Å²) < 4.78 is 0.930. The average Bonchev–Trinajstić information content (AvgIpc) is 2.43. The first-order valence-electron chi connectivity index (χ1n) is 4.91. The van der Waals surface area contributed by atoms with Crippen LogP contribution in [0.15, 0.2) is 9.85 Å². The van der Waals surface area contributed by atoms with Gasteiger partial charge in [-0.1, -0.05) is 6.92 Å². The van der Waals surface area contributed by atoms with Crippen molar-refractivity contribution >= 4 is 39.0 Å². The Bertz CT molecular complexity index is 411. The van der Waals surface area contributed by atoms with Crippen LogP contribution in [-0.4, -0.2) is 16.9 Å². The van der Waals surface area contributed by atoms with Crippen LogP contribution in [0, 0.1) is 12.8 Å². The Balaban J connectivity index is 2.65. The lowest BCUT2D eigenvalue weighted by Gasteiger charge is -2.06. The molecule has 1 heterocycles. The molecule has 1 aromatic heterocycles. The van der Waals surface area contributed by atoms with E-state index in [0.717, 1.165) is 8.66 Å². The summed E-state index contributed by atoms with van der Waals surface area (Å²) in [4.78, 5) is 23.3. The molecule has 5 heteroatoms. The number of hydrogen-bond acceptors (Lipinski definition) is 3. The number of rotatable bonds is 5. The summed E-state index contributed by atoms with van der Waals surface area (Å²) in [5, 5.41) is 8.61. The first-order chi connectivity index (χ1) is 7.40. The number of aryl methyl sites for hydroxylation is 1. The quantitative estimate of drug-likeness (QED) is 0.847. The molecule has 1 N–H and O–H groups in total. The van der Waals surface area contributed by atoms with Crippen LogP contribution in [0.1, 0.15) is 35.0 Å². The molecule has 88 valence electrons. The van der Waals surface area contributed by atoms with Crippen molar-refractivity contribution in [1.29, 1.82) is 0 Å². The van der Waals surface area contributed by atoms with Crippen LogP contribution in [0.4, 0.5) is 0 Å². The third-order valence-corrected chi connectivity index (χ3v) is 3.80. The largest absolute Gasteiger partial charge is 0.481 e. The molecule has 0 aliphatic rings. The molecule has 0 spiro atoms. The van der Waals surface area contributed by atoms with Crippen LogP contribution in [0.25, 0.3) is 0 Å². The monoisotopic (exact) mass is 304 g/mol. The predicted octanol–water partition coefficient (Wildman–Crippen LogP) is 3.50. The van der Waals surface area contributed by atoms with Gasteiger partial charge in [-0.2, -0.15) is 0 Å². The molecule has 0 fully saturated rings. The van der Waals surface area contributed by atoms with Gasteiger partial charge in [0.1, 0.15) is 0 Å². The van der Waals surface area contributed by atoms with Gasteiger partial charge in [-0.25, -0.2) is 0 Å². The number of halogens is 1. The van der Waals surface area contributed by atoms with Crippen molar-refractivity contribution in [3.05, 3.63) is 20.3 Å². The van der Waals surface area contributed by atoms with E-state index in [2.05, 4.69) is 15.9 Å². The van der Waals surface area contributed by atoms with Crippen molar-refractivity contribution in [1.82, 2.24) is 0 Å². The van der Waals surface area contributed by atoms with Gasteiger partial charge in [0.25, 0.3) is 0 Å². The fourth-order valence-corrected chi connectivity index (χ4v) is 3.23. The summed E-state index contributed by atoms with van der Waals surface area (Å²) >= 11 is 4.85. The number of Topliss-reactive ketones (excluding diaryl/α,β-unsaturated/α-hetero) is 1. The van der Waals surface area contributed by atoms with E-state index >= 15 is 0 Å². The van der Waals surface area contributed by atoms with Crippen molar-refractivity contribution < 1.29 is 14.7 Å². The molecule has 16 heavy (non-hydrogen) atoms. The fourth-order valence-electron chi connectivity index (χ4n) is 1.52. The lowest BCUT2D eigenvalue weighted by molar-refractivity contribution is -0.137. The molecule has 0 bridgehead atoms. The van der Waals surface area contributed by atoms with E-state index < -0.39 is 5.97 Å². The highest BCUT2D eigenvalue weighted by molar-refractivity contribution is 9.11. The minimum absolute atomic E-state index is 0.0215. The number of carboxylic acid groups (broad SMARTS) is 1. The summed E-state index contributed by atoms with van der Waals surface area (Å²) in [7, 11) is 0. The second kappa shape index (κ2) is 5.59. The van der Waals surface area contributed by atoms with Crippen molar-refractivity contribution in [3.8, 4) is 0 Å². The van der Waals surface area contributed by atoms with Crippen LogP contribution in [0.5, 0.6) is 0 Å². The van der Waals surface area contributed by atoms with Crippen LogP contribution in [-0.2, 0) is 4.79 Å². The normalized spacial score (nSPS) is 12.4. The van der Waals surface area contributed by atoms with E-state index in [1.165, 1.54) is 11.3 Å². The molecule has 1 aromatic rings. The highest BCUT2D eigenvalue weighted by Gasteiger charge is 2.17. The highest BCUT2D eigenvalue weighted by Crippen LogP contribution is 2.28. The molecule has 0 amide bonds. The van der Waals surface area contributed by atoms with Crippen LogP contribution < -0.4 is 0 Å². The number of carbonyl (C=O) groups is 2. The van der Waals surface area contributed by atoms with E-state index in [4.69, 9.17) is 5.11 Å². The van der Waals surface area contributed by atoms with Gasteiger partial charge in [0.2, 0.25) is 0 Å². The number of carboxylic acids is 1. The lowest BCUT2D eigenvalue weighted by atomic mass is 9.98. The van der Waals surface area contributed by atoms with Gasteiger partial charge in [0.15, 0.2) is 5.78 Å². The second-order valence-electron chi connectivity index (χ2n) is 3.85. The molecule has 3 nitrogen and oxygen atoms in total. The van der Waals surface area contributed by atoms with Gasteiger partial charge in [-0.3, -0.25) is 9.59 Å². The molecule has 0 radical (unpaired) electrons. The van der Waals surface area contributed by atoms with Crippen LogP contribution in [0.3, 0.4) is 0 Å². The molecular formula is C11H13BrO3S. The van der Waals surface area contributed by atoms with Crippen LogP contribution >= 0.6 is 27.3 Å². The molecule has 0 aliphatic carbocycles. The molecular weight excluding hydrogens is 292 g/mol. The van der Waals surface area contributed by atoms with E-state index in [0.29, 0.717) is 5.56 Å². The Morgan fingerprint density at radius 1 is 1.50 bits per heavy atom. The zero-order valence-electron chi connectivity index (χ0n) is 9.12. The number of carbonyl (C=O) groups excluding carboxylic acids is 1. The molecule has 0 aromatic carbocycles. The lowest BCUT2D eigenvalue weighted by Crippen LogP contribution is -2.10. The number of ketones is 1. The fraction of sp³-hybridized carbons (Fsp3) is 0.455. The Kier molecular flexibility index (Phi) is 4.68. The zero-order valence-corrected chi connectivity index (χ0v) is 11.5. The summed E-state index contributed by atoms with van der Waals surface area (Å²) in [6.07, 6.45) is 0.326. The SMILES string of the molecule is Cc1sc(Br)cc1C(=O)CC(C)CC(=O)O. The average molecular weight is 305 g/mol. The Hall–Kier alpha value is -0.680. The molecule has 0 aliphatic heterocycles. The molecule has 1 atom stereocenters. The van der Waals surface area contributed by atoms with E-state index in [1.807, 2.05) is 6.92 Å². The highest BCUT2D eigenvalue weighted by atomic mass is 79.9. The molecule has 0 saturated carbocycles. The van der Waals surface area contributed by atoms with Gasteiger partial charge < -0.3 is 5.11 Å². The first-order valence-corrected chi connectivity index (χ1v) is 6.52. The maximum absolute atomic E-state index is 11.9. The van der Waals surface area contributed by atoms with Gasteiger partial charge in [-0.05, 0) is 34.8 Å². The van der Waals surface area contributed by atoms with Crippen molar-refractivity contribution in [2.75, 3.05) is 0 Å². The van der Waals surface area contributed by atoms with E-state index in [1.54, 1.807) is 13.0 Å². The number of thiophene rings is 1. The third-order valence-electron chi connectivity index (χ3n) is 2.25. The number of aliphatic carboxylic acids is 1. The van der Waals surface area contributed by atoms with Gasteiger partial charge in [-0.15, -0.1) is 11.3 Å². The van der Waals surface area contributed by atoms with Gasteiger partial charge >= 0.3 is 5.97 Å². The van der Waals surface area contributed by atoms with Crippen molar-refractivity contribution in [2.45, 2.75) is 26.7 Å². The maximum atomic E-state index is 11.9. The summed E-state index contributed by atoms with van der Waals surface area (Å²) in [5.41, 5.74) is 0.703. The zero-order chi connectivity index (χ0) is 12.3. The third kappa shape index (κ3) is 3.72. The van der Waals surface area contributed by atoms with Gasteiger partial charge in [0, 0.05) is 23.3 Å². The van der Waals surface area contributed by atoms with E-state index in [9.17, 15) is 9.59 Å². The Morgan fingerprint density at radius 2 is 2.12 bits per heavy atom. The molecule has 0 saturated heterocycles. The smallest absolute Gasteiger partial charge is 0.303 e. The predicted molar refractivity (Wildman–Crippen MR) is 67.1 cm³/mol. The van der Waals surface area contributed by atoms with Crippen molar-refractivity contribution in [3.63, 3.8) is 0 Å². The summed E-state index contributed by atoms with van der Waals surface area (Å²) in [6.45, 7) is 3.67. The summed E-state index contributed by atoms with van der Waals surface area (Å²) in [6, 6.07) is 1.80. The minimum Gasteiger partial charge on any atom is -0.481 e. The standard InChI is InChI=1S/C11H13BrO3S/c1-6(4-11(14)15)3-9(13)8-5-10(12)16-7(8)2/h5-6H,3-4H2,1-2H3,(H,14,15). The number of hydrogen-bond donors (Lipinski definition) is 1. The van der Waals surface area contributed by atoms with Crippen LogP contribution in [0.2, 0.25) is 0 Å². The maximum Gasteiger partial charge on any atom is 0.303 e. The Labute approximate surface area is 107 Å². The Morgan fingerprint density at radius 3 is 2.56 bits per heavy atom. The summed E-state index contributed by atoms with van der Waals surface area (Å²) in [5.74, 6) is -0.959. The minimum atomic E-state index is -0.858. The topological polar surface area (TPSA) is 54.4 Å². The molecule has 1 rings (SSSR count). The van der Waals surface area contributed by atoms with Gasteiger partial charge in [0.05, 0.1) is 3.79 Å². The molecule has 1 unspecified atom stereocenters. The van der Waals surface area contributed by atoms with Crippen molar-refractivity contribution in [2.24, 2.45) is 5.92 Å². The first kappa shape index (κ1) is 13.4. The second-order valence-corrected chi connectivity index (χ2v) is 6.49.